The van der Waals surface area contributed by atoms with Gasteiger partial charge in [0.2, 0.25) is 5.96 Å². The van der Waals surface area contributed by atoms with Gasteiger partial charge in [-0.2, -0.15) is 0 Å². The van der Waals surface area contributed by atoms with E-state index in [0.29, 0.717) is 11.5 Å². The number of guanidine groups is 1. The normalized spacial score (nSPS) is 14.4. The van der Waals surface area contributed by atoms with Crippen molar-refractivity contribution in [2.75, 3.05) is 5.32 Å². The zero-order valence-electron chi connectivity index (χ0n) is 15.0. The van der Waals surface area contributed by atoms with Crippen LogP contribution in [0.2, 0.25) is 0 Å². The number of anilines is 1. The fourth-order valence-corrected chi connectivity index (χ4v) is 3.74. The first kappa shape index (κ1) is 17.6. The van der Waals surface area contributed by atoms with Gasteiger partial charge in [0.1, 0.15) is 5.82 Å². The number of rotatable bonds is 4. The Morgan fingerprint density at radius 3 is 2.52 bits per heavy atom. The maximum atomic E-state index is 13.8. The summed E-state index contributed by atoms with van der Waals surface area (Å²) >= 11 is 1.53. The molecular formula is C22H20FN3S. The molecule has 0 bridgehead atoms. The van der Waals surface area contributed by atoms with Crippen LogP contribution in [0.4, 0.5) is 10.1 Å². The summed E-state index contributed by atoms with van der Waals surface area (Å²) in [5.41, 5.74) is 5.38. The van der Waals surface area contributed by atoms with E-state index >= 15 is 0 Å². The maximum Gasteiger partial charge on any atom is 0.206 e. The third-order valence-electron chi connectivity index (χ3n) is 4.49. The second-order valence-corrected chi connectivity index (χ2v) is 7.39. The quantitative estimate of drug-likeness (QED) is 0.606. The molecule has 0 saturated carbocycles. The maximum absolute atomic E-state index is 13.8. The van der Waals surface area contributed by atoms with Gasteiger partial charge in [0.05, 0.1) is 17.1 Å². The lowest BCUT2D eigenvalue weighted by Gasteiger charge is -2.23. The molecule has 0 unspecified atom stereocenters. The van der Waals surface area contributed by atoms with Gasteiger partial charge in [-0.05, 0) is 48.6 Å². The zero-order chi connectivity index (χ0) is 18.6. The number of fused-ring (bicyclic) bond motifs is 1. The van der Waals surface area contributed by atoms with Gasteiger partial charge >= 0.3 is 0 Å². The number of aryl methyl sites for hydroxylation is 1. The number of aliphatic imine (C=N–C) groups is 1. The number of benzene rings is 3. The first-order chi connectivity index (χ1) is 13.2. The molecule has 2 N–H and O–H groups in total. The lowest BCUT2D eigenvalue weighted by atomic mass is 10.0. The number of nitrogens with one attached hydrogen (secondary N) is 2. The van der Waals surface area contributed by atoms with Gasteiger partial charge in [-0.1, -0.05) is 60.2 Å². The van der Waals surface area contributed by atoms with Crippen LogP contribution in [0.5, 0.6) is 0 Å². The van der Waals surface area contributed by atoms with Crippen molar-refractivity contribution in [3.05, 3.63) is 94.8 Å². The Morgan fingerprint density at radius 2 is 1.70 bits per heavy atom. The molecule has 5 heteroatoms. The molecule has 3 aromatic rings. The lowest BCUT2D eigenvalue weighted by molar-refractivity contribution is 0.611. The number of hydrogen-bond donors (Lipinski definition) is 2. The van der Waals surface area contributed by atoms with Gasteiger partial charge < -0.3 is 5.32 Å². The molecule has 0 saturated heterocycles. The first-order valence-corrected chi connectivity index (χ1v) is 9.66. The molecule has 1 heterocycles. The number of para-hydroxylation sites is 1. The Bertz CT molecular complexity index is 983. The molecule has 0 aliphatic carbocycles. The van der Waals surface area contributed by atoms with Crippen LogP contribution >= 0.6 is 11.9 Å². The van der Waals surface area contributed by atoms with Crippen molar-refractivity contribution in [2.45, 2.75) is 24.8 Å². The van der Waals surface area contributed by atoms with Crippen molar-refractivity contribution in [1.29, 1.82) is 0 Å². The van der Waals surface area contributed by atoms with Crippen molar-refractivity contribution in [3.63, 3.8) is 0 Å². The Hall–Kier alpha value is -2.79. The molecule has 27 heavy (non-hydrogen) atoms. The van der Waals surface area contributed by atoms with Crippen LogP contribution in [0, 0.1) is 12.7 Å². The summed E-state index contributed by atoms with van der Waals surface area (Å²) in [6, 6.07) is 21.6. The fraction of sp³-hybridized carbons (Fsp3) is 0.136. The first-order valence-electron chi connectivity index (χ1n) is 8.84. The van der Waals surface area contributed by atoms with E-state index in [-0.39, 0.29) is 12.4 Å². The molecule has 1 aliphatic rings. The highest BCUT2D eigenvalue weighted by molar-refractivity contribution is 7.98. The van der Waals surface area contributed by atoms with Crippen molar-refractivity contribution < 1.29 is 4.39 Å². The van der Waals surface area contributed by atoms with Crippen LogP contribution in [0.15, 0.2) is 76.6 Å². The van der Waals surface area contributed by atoms with Crippen LogP contribution < -0.4 is 10.0 Å². The molecule has 0 radical (unpaired) electrons. The Morgan fingerprint density at radius 1 is 0.926 bits per heavy atom. The van der Waals surface area contributed by atoms with Gasteiger partial charge in [0, 0.05) is 5.56 Å². The molecule has 3 nitrogen and oxygen atoms in total. The predicted molar refractivity (Wildman–Crippen MR) is 111 cm³/mol. The van der Waals surface area contributed by atoms with Crippen molar-refractivity contribution >= 4 is 23.6 Å². The summed E-state index contributed by atoms with van der Waals surface area (Å²) in [5.74, 6) is 0.415. The minimum Gasteiger partial charge on any atom is -0.324 e. The molecule has 3 aromatic carbocycles. The molecule has 0 spiro atoms. The largest absolute Gasteiger partial charge is 0.324 e. The molecule has 0 amide bonds. The fourth-order valence-electron chi connectivity index (χ4n) is 2.99. The number of halogens is 1. The van der Waals surface area contributed by atoms with Crippen molar-refractivity contribution in [1.82, 2.24) is 4.72 Å². The summed E-state index contributed by atoms with van der Waals surface area (Å²) in [7, 11) is 0. The van der Waals surface area contributed by atoms with Gasteiger partial charge in [-0.15, -0.1) is 0 Å². The number of hydrogen-bond acceptors (Lipinski definition) is 2. The van der Waals surface area contributed by atoms with E-state index in [1.165, 1.54) is 34.7 Å². The average molecular weight is 377 g/mol. The predicted octanol–water partition coefficient (Wildman–Crippen LogP) is 5.30. The van der Waals surface area contributed by atoms with Crippen molar-refractivity contribution in [2.24, 2.45) is 4.99 Å². The molecule has 1 aliphatic heterocycles. The number of nitrogens with zero attached hydrogens (tertiary/aromatic N) is 1. The SMILES string of the molecule is Cc1ccc(Cc2cccc3c2NC(=NCc2ccccc2F)NS3)cc1. The summed E-state index contributed by atoms with van der Waals surface area (Å²) in [4.78, 5) is 5.64. The van der Waals surface area contributed by atoms with Crippen molar-refractivity contribution in [3.8, 4) is 0 Å². The molecule has 136 valence electrons. The highest BCUT2D eigenvalue weighted by atomic mass is 32.2. The van der Waals surface area contributed by atoms with Crippen LogP contribution in [0.25, 0.3) is 0 Å². The second kappa shape index (κ2) is 7.84. The van der Waals surface area contributed by atoms with Gasteiger partial charge in [0.25, 0.3) is 0 Å². The molecule has 0 atom stereocenters. The second-order valence-electron chi connectivity index (χ2n) is 6.54. The average Bonchev–Trinajstić information content (AvgIpc) is 2.69. The zero-order valence-corrected chi connectivity index (χ0v) is 15.8. The Kier molecular flexibility index (Phi) is 5.12. The van der Waals surface area contributed by atoms with E-state index in [4.69, 9.17) is 0 Å². The van der Waals surface area contributed by atoms with E-state index < -0.39 is 0 Å². The third-order valence-corrected chi connectivity index (χ3v) is 5.35. The topological polar surface area (TPSA) is 36.4 Å². The highest BCUT2D eigenvalue weighted by Crippen LogP contribution is 2.33. The van der Waals surface area contributed by atoms with Crippen LogP contribution in [-0.2, 0) is 13.0 Å². The van der Waals surface area contributed by atoms with Crippen LogP contribution in [-0.4, -0.2) is 5.96 Å². The van der Waals surface area contributed by atoms with E-state index in [0.717, 1.165) is 17.0 Å². The Labute approximate surface area is 162 Å². The summed E-state index contributed by atoms with van der Waals surface area (Å²) in [5, 5.41) is 3.38. The summed E-state index contributed by atoms with van der Waals surface area (Å²) in [6.07, 6.45) is 0.845. The smallest absolute Gasteiger partial charge is 0.206 e. The van der Waals surface area contributed by atoms with E-state index in [2.05, 4.69) is 64.4 Å². The molecular weight excluding hydrogens is 357 g/mol. The third kappa shape index (κ3) is 4.14. The minimum atomic E-state index is -0.231. The van der Waals surface area contributed by atoms with Crippen LogP contribution in [0.3, 0.4) is 0 Å². The van der Waals surface area contributed by atoms with Crippen LogP contribution in [0.1, 0.15) is 22.3 Å². The van der Waals surface area contributed by atoms with E-state index in [9.17, 15) is 4.39 Å². The van der Waals surface area contributed by atoms with Gasteiger partial charge in [0.15, 0.2) is 0 Å². The summed E-state index contributed by atoms with van der Waals surface area (Å²) in [6.45, 7) is 2.38. The highest BCUT2D eigenvalue weighted by Gasteiger charge is 2.17. The molecule has 4 rings (SSSR count). The van der Waals surface area contributed by atoms with E-state index in [1.54, 1.807) is 12.1 Å². The monoisotopic (exact) mass is 377 g/mol. The van der Waals surface area contributed by atoms with Gasteiger partial charge in [-0.3, -0.25) is 4.72 Å². The lowest BCUT2D eigenvalue weighted by Crippen LogP contribution is -2.30. The Balaban J connectivity index is 1.55. The summed E-state index contributed by atoms with van der Waals surface area (Å²) < 4.78 is 17.0. The van der Waals surface area contributed by atoms with E-state index in [1.807, 2.05) is 6.07 Å². The molecule has 0 fully saturated rings. The molecule has 0 aromatic heterocycles. The minimum absolute atomic E-state index is 0.231. The standard InChI is InChI=1S/C22H20FN3S/c1-15-9-11-16(12-10-15)13-17-6-4-8-20-21(17)25-22(26-27-20)24-14-18-5-2-3-7-19(18)23/h2-12H,13-14H2,1H3,(H2,24,25,26). The van der Waals surface area contributed by atoms with Gasteiger partial charge in [-0.25, -0.2) is 9.38 Å².